The SMILES string of the molecule is CCOc1ccc(CNC(=O)Cn2cnc3c([nH]c4ccccc43)c2=O)cc1OCC. The highest BCUT2D eigenvalue weighted by Gasteiger charge is 2.13. The number of carbonyl (C=O) groups is 1. The molecule has 0 bridgehead atoms. The number of aromatic nitrogens is 3. The molecule has 4 aromatic rings. The van der Waals surface area contributed by atoms with Crippen LogP contribution in [0, 0.1) is 0 Å². The minimum Gasteiger partial charge on any atom is -0.490 e. The molecule has 160 valence electrons. The lowest BCUT2D eigenvalue weighted by molar-refractivity contribution is -0.121. The van der Waals surface area contributed by atoms with E-state index in [4.69, 9.17) is 9.47 Å². The van der Waals surface area contributed by atoms with Gasteiger partial charge in [-0.05, 0) is 37.6 Å². The van der Waals surface area contributed by atoms with Gasteiger partial charge in [-0.25, -0.2) is 4.98 Å². The van der Waals surface area contributed by atoms with E-state index in [2.05, 4.69) is 15.3 Å². The molecule has 8 nitrogen and oxygen atoms in total. The van der Waals surface area contributed by atoms with E-state index in [1.807, 2.05) is 56.3 Å². The third-order valence-electron chi connectivity index (χ3n) is 4.89. The van der Waals surface area contributed by atoms with Crippen LogP contribution in [0.5, 0.6) is 11.5 Å². The third-order valence-corrected chi connectivity index (χ3v) is 4.89. The Morgan fingerprint density at radius 3 is 2.68 bits per heavy atom. The lowest BCUT2D eigenvalue weighted by Crippen LogP contribution is -2.32. The smallest absolute Gasteiger partial charge is 0.278 e. The van der Waals surface area contributed by atoms with E-state index in [1.165, 1.54) is 10.9 Å². The van der Waals surface area contributed by atoms with Gasteiger partial charge in [-0.2, -0.15) is 0 Å². The Morgan fingerprint density at radius 1 is 1.10 bits per heavy atom. The Bertz CT molecular complexity index is 1290. The van der Waals surface area contributed by atoms with E-state index < -0.39 is 0 Å². The molecule has 0 saturated heterocycles. The van der Waals surface area contributed by atoms with E-state index in [9.17, 15) is 9.59 Å². The van der Waals surface area contributed by atoms with Crippen molar-refractivity contribution in [2.45, 2.75) is 26.9 Å². The van der Waals surface area contributed by atoms with Crippen molar-refractivity contribution in [3.05, 3.63) is 64.7 Å². The van der Waals surface area contributed by atoms with Gasteiger partial charge in [0, 0.05) is 17.4 Å². The molecule has 2 aromatic carbocycles. The van der Waals surface area contributed by atoms with E-state index in [1.54, 1.807) is 0 Å². The van der Waals surface area contributed by atoms with Crippen LogP contribution >= 0.6 is 0 Å². The quantitative estimate of drug-likeness (QED) is 0.457. The van der Waals surface area contributed by atoms with Gasteiger partial charge in [-0.1, -0.05) is 24.3 Å². The standard InChI is InChI=1S/C23H24N4O4/c1-3-30-18-10-9-15(11-19(18)31-4-2)12-24-20(28)13-27-14-25-21-16-7-5-6-8-17(16)26-22(21)23(27)29/h5-11,14,26H,3-4,12-13H2,1-2H3,(H,24,28). The van der Waals surface area contributed by atoms with Gasteiger partial charge < -0.3 is 19.8 Å². The maximum Gasteiger partial charge on any atom is 0.278 e. The van der Waals surface area contributed by atoms with Crippen molar-refractivity contribution in [1.29, 1.82) is 0 Å². The summed E-state index contributed by atoms with van der Waals surface area (Å²) >= 11 is 0. The second kappa shape index (κ2) is 8.91. The molecule has 0 radical (unpaired) electrons. The summed E-state index contributed by atoms with van der Waals surface area (Å²) in [6.07, 6.45) is 1.41. The van der Waals surface area contributed by atoms with Crippen molar-refractivity contribution >= 4 is 27.8 Å². The molecule has 8 heteroatoms. The van der Waals surface area contributed by atoms with Crippen LogP contribution in [0.15, 0.2) is 53.6 Å². The van der Waals surface area contributed by atoms with Gasteiger partial charge in [0.1, 0.15) is 17.6 Å². The predicted octanol–water partition coefficient (Wildman–Crippen LogP) is 2.99. The van der Waals surface area contributed by atoms with Crippen LogP contribution in [0.2, 0.25) is 0 Å². The summed E-state index contributed by atoms with van der Waals surface area (Å²) in [6, 6.07) is 13.1. The lowest BCUT2D eigenvalue weighted by atomic mass is 10.2. The van der Waals surface area contributed by atoms with Gasteiger partial charge in [0.25, 0.3) is 5.56 Å². The molecule has 2 heterocycles. The zero-order valence-electron chi connectivity index (χ0n) is 17.5. The van der Waals surface area contributed by atoms with Crippen LogP contribution in [0.25, 0.3) is 21.9 Å². The summed E-state index contributed by atoms with van der Waals surface area (Å²) < 4.78 is 12.5. The topological polar surface area (TPSA) is 98.2 Å². The van der Waals surface area contributed by atoms with Crippen molar-refractivity contribution in [2.24, 2.45) is 0 Å². The van der Waals surface area contributed by atoms with Gasteiger partial charge in [0.15, 0.2) is 11.5 Å². The van der Waals surface area contributed by atoms with Gasteiger partial charge in [0.2, 0.25) is 5.91 Å². The first-order chi connectivity index (χ1) is 15.1. The number of carbonyl (C=O) groups excluding carboxylic acids is 1. The molecular weight excluding hydrogens is 396 g/mol. The minimum absolute atomic E-state index is 0.119. The first kappa shape index (κ1) is 20.5. The molecule has 0 aliphatic carbocycles. The fourth-order valence-corrected chi connectivity index (χ4v) is 3.47. The van der Waals surface area contributed by atoms with Crippen molar-refractivity contribution in [2.75, 3.05) is 13.2 Å². The Morgan fingerprint density at radius 2 is 1.87 bits per heavy atom. The first-order valence-electron chi connectivity index (χ1n) is 10.2. The maximum absolute atomic E-state index is 12.8. The average molecular weight is 420 g/mol. The Balaban J connectivity index is 1.47. The monoisotopic (exact) mass is 420 g/mol. The highest BCUT2D eigenvalue weighted by Crippen LogP contribution is 2.28. The number of H-pyrrole nitrogens is 1. The Kier molecular flexibility index (Phi) is 5.88. The highest BCUT2D eigenvalue weighted by molar-refractivity contribution is 6.04. The van der Waals surface area contributed by atoms with Crippen molar-refractivity contribution in [3.8, 4) is 11.5 Å². The number of ether oxygens (including phenoxy) is 2. The van der Waals surface area contributed by atoms with Crippen molar-refractivity contribution in [1.82, 2.24) is 19.9 Å². The molecule has 0 aliphatic heterocycles. The molecule has 1 amide bonds. The molecule has 0 aliphatic rings. The first-order valence-corrected chi connectivity index (χ1v) is 10.2. The molecular formula is C23H24N4O4. The molecule has 2 N–H and O–H groups in total. The number of fused-ring (bicyclic) bond motifs is 3. The van der Waals surface area contributed by atoms with Crippen LogP contribution in [-0.2, 0) is 17.9 Å². The number of amides is 1. The molecule has 0 fully saturated rings. The van der Waals surface area contributed by atoms with E-state index in [0.29, 0.717) is 42.3 Å². The molecule has 0 atom stereocenters. The van der Waals surface area contributed by atoms with E-state index in [-0.39, 0.29) is 18.0 Å². The fourth-order valence-electron chi connectivity index (χ4n) is 3.47. The highest BCUT2D eigenvalue weighted by atomic mass is 16.5. The van der Waals surface area contributed by atoms with Gasteiger partial charge in [-0.15, -0.1) is 0 Å². The number of hydrogen-bond donors (Lipinski definition) is 2. The number of rotatable bonds is 8. The molecule has 2 aromatic heterocycles. The van der Waals surface area contributed by atoms with Crippen molar-refractivity contribution in [3.63, 3.8) is 0 Å². The second-order valence-electron chi connectivity index (χ2n) is 7.00. The molecule has 0 spiro atoms. The number of benzene rings is 2. The Labute approximate surface area is 178 Å². The maximum atomic E-state index is 12.8. The normalized spacial score (nSPS) is 11.0. The fraction of sp³-hybridized carbons (Fsp3) is 0.261. The van der Waals surface area contributed by atoms with Gasteiger partial charge in [0.05, 0.1) is 19.5 Å². The lowest BCUT2D eigenvalue weighted by Gasteiger charge is -2.13. The summed E-state index contributed by atoms with van der Waals surface area (Å²) in [7, 11) is 0. The van der Waals surface area contributed by atoms with Crippen molar-refractivity contribution < 1.29 is 14.3 Å². The van der Waals surface area contributed by atoms with E-state index in [0.717, 1.165) is 16.5 Å². The largest absolute Gasteiger partial charge is 0.490 e. The van der Waals surface area contributed by atoms with E-state index >= 15 is 0 Å². The average Bonchev–Trinajstić information content (AvgIpc) is 3.16. The molecule has 0 unspecified atom stereocenters. The van der Waals surface area contributed by atoms with Gasteiger partial charge >= 0.3 is 0 Å². The van der Waals surface area contributed by atoms with Gasteiger partial charge in [-0.3, -0.25) is 14.2 Å². The van der Waals surface area contributed by atoms with Crippen LogP contribution in [0.4, 0.5) is 0 Å². The summed E-state index contributed by atoms with van der Waals surface area (Å²) in [5.74, 6) is 1.02. The summed E-state index contributed by atoms with van der Waals surface area (Å²) in [6.45, 7) is 5.06. The van der Waals surface area contributed by atoms with Crippen LogP contribution < -0.4 is 20.3 Å². The number of aromatic amines is 1. The number of nitrogens with one attached hydrogen (secondary N) is 2. The third kappa shape index (κ3) is 4.23. The number of para-hydroxylation sites is 1. The minimum atomic E-state index is -0.286. The second-order valence-corrected chi connectivity index (χ2v) is 7.00. The predicted molar refractivity (Wildman–Crippen MR) is 118 cm³/mol. The zero-order chi connectivity index (χ0) is 21.8. The van der Waals surface area contributed by atoms with Crippen LogP contribution in [0.3, 0.4) is 0 Å². The zero-order valence-corrected chi connectivity index (χ0v) is 17.5. The van der Waals surface area contributed by atoms with Crippen LogP contribution in [-0.4, -0.2) is 33.7 Å². The summed E-state index contributed by atoms with van der Waals surface area (Å²) in [5.41, 5.74) is 2.43. The number of hydrogen-bond acceptors (Lipinski definition) is 5. The Hall–Kier alpha value is -3.81. The molecule has 31 heavy (non-hydrogen) atoms. The summed E-state index contributed by atoms with van der Waals surface area (Å²) in [4.78, 5) is 32.7. The molecule has 0 saturated carbocycles. The van der Waals surface area contributed by atoms with Crippen LogP contribution in [0.1, 0.15) is 19.4 Å². The molecule has 4 rings (SSSR count). The number of nitrogens with zero attached hydrogens (tertiary/aromatic N) is 2. The summed E-state index contributed by atoms with van der Waals surface area (Å²) in [5, 5.41) is 3.72.